The molecule has 1 N–H and O–H groups in total. The maximum Gasteiger partial charge on any atom is 0.130 e. The third-order valence-electron chi connectivity index (χ3n) is 2.67. The second kappa shape index (κ2) is 6.03. The molecule has 1 nitrogen and oxygen atoms in total. The number of thioether (sulfide) groups is 1. The summed E-state index contributed by atoms with van der Waals surface area (Å²) in [5.74, 6) is 0.423. The van der Waals surface area contributed by atoms with Crippen LogP contribution in [0.15, 0.2) is 53.4 Å². The molecular weight excluding hydrogens is 247 g/mol. The Morgan fingerprint density at radius 2 is 1.83 bits per heavy atom. The van der Waals surface area contributed by atoms with Gasteiger partial charge in [-0.3, -0.25) is 0 Å². The molecule has 2 rings (SSSR count). The van der Waals surface area contributed by atoms with E-state index in [9.17, 15) is 9.50 Å². The van der Waals surface area contributed by atoms with Gasteiger partial charge in [-0.25, -0.2) is 4.39 Å². The van der Waals surface area contributed by atoms with Crippen molar-refractivity contribution in [3.8, 4) is 0 Å². The van der Waals surface area contributed by atoms with Crippen LogP contribution in [-0.2, 0) is 5.75 Å². The molecule has 0 amide bonds. The Morgan fingerprint density at radius 1 is 1.11 bits per heavy atom. The molecule has 2 aromatic carbocycles. The van der Waals surface area contributed by atoms with Crippen molar-refractivity contribution in [3.63, 3.8) is 0 Å². The molecule has 0 fully saturated rings. The van der Waals surface area contributed by atoms with Gasteiger partial charge in [-0.15, -0.1) is 11.8 Å². The average molecular weight is 262 g/mol. The van der Waals surface area contributed by atoms with Crippen LogP contribution in [-0.4, -0.2) is 5.11 Å². The smallest absolute Gasteiger partial charge is 0.130 e. The van der Waals surface area contributed by atoms with Crippen molar-refractivity contribution >= 4 is 11.8 Å². The van der Waals surface area contributed by atoms with Gasteiger partial charge in [0.2, 0.25) is 0 Å². The molecule has 0 bridgehead atoms. The van der Waals surface area contributed by atoms with Gasteiger partial charge in [0.25, 0.3) is 0 Å². The van der Waals surface area contributed by atoms with Crippen LogP contribution in [0.1, 0.15) is 24.2 Å². The van der Waals surface area contributed by atoms with Crippen molar-refractivity contribution in [2.75, 3.05) is 0 Å². The topological polar surface area (TPSA) is 20.2 Å². The van der Waals surface area contributed by atoms with E-state index < -0.39 is 6.10 Å². The van der Waals surface area contributed by atoms with Gasteiger partial charge in [0.15, 0.2) is 0 Å². The fourth-order valence-electron chi connectivity index (χ4n) is 1.78. The van der Waals surface area contributed by atoms with Crippen molar-refractivity contribution in [3.05, 3.63) is 65.5 Å². The number of aliphatic hydroxyl groups is 1. The largest absolute Gasteiger partial charge is 0.389 e. The fourth-order valence-corrected chi connectivity index (χ4v) is 2.90. The first-order chi connectivity index (χ1) is 8.68. The predicted octanol–water partition coefficient (Wildman–Crippen LogP) is 4.17. The molecule has 2 aromatic rings. The van der Waals surface area contributed by atoms with Gasteiger partial charge in [0, 0.05) is 16.2 Å². The Morgan fingerprint density at radius 3 is 2.50 bits per heavy atom. The molecule has 3 heteroatoms. The number of rotatable bonds is 4. The van der Waals surface area contributed by atoms with Crippen LogP contribution in [0.25, 0.3) is 0 Å². The first-order valence-electron chi connectivity index (χ1n) is 5.81. The molecule has 0 unspecified atom stereocenters. The molecule has 0 aliphatic rings. The Hall–Kier alpha value is -1.32. The van der Waals surface area contributed by atoms with Gasteiger partial charge < -0.3 is 5.11 Å². The minimum atomic E-state index is -0.788. The predicted molar refractivity (Wildman–Crippen MR) is 73.0 cm³/mol. The molecule has 0 saturated carbocycles. The number of hydrogen-bond donors (Lipinski definition) is 1. The molecular formula is C15H15FOS. The Kier molecular flexibility index (Phi) is 4.39. The molecule has 0 aliphatic carbocycles. The maximum absolute atomic E-state index is 13.7. The highest BCUT2D eigenvalue weighted by atomic mass is 32.2. The van der Waals surface area contributed by atoms with Crippen molar-refractivity contribution < 1.29 is 9.50 Å². The summed E-state index contributed by atoms with van der Waals surface area (Å²) >= 11 is 1.54. The quantitative estimate of drug-likeness (QED) is 0.834. The van der Waals surface area contributed by atoms with Crippen LogP contribution in [0.2, 0.25) is 0 Å². The van der Waals surface area contributed by atoms with Crippen LogP contribution in [0.4, 0.5) is 4.39 Å². The van der Waals surface area contributed by atoms with Crippen LogP contribution in [0.3, 0.4) is 0 Å². The van der Waals surface area contributed by atoms with E-state index in [1.807, 2.05) is 36.4 Å². The summed E-state index contributed by atoms with van der Waals surface area (Å²) in [6, 6.07) is 14.9. The molecule has 18 heavy (non-hydrogen) atoms. The first kappa shape index (κ1) is 13.1. The standard InChI is InChI=1S/C15H15FOS/c1-11(17)15-13(16)8-5-9-14(15)18-10-12-6-3-2-4-7-12/h2-9,11,17H,10H2,1H3/t11-/m1/s1. The third kappa shape index (κ3) is 3.12. The molecule has 0 saturated heterocycles. The normalized spacial score (nSPS) is 12.4. The lowest BCUT2D eigenvalue weighted by Gasteiger charge is -2.12. The molecule has 94 valence electrons. The van der Waals surface area contributed by atoms with E-state index in [0.29, 0.717) is 5.56 Å². The monoisotopic (exact) mass is 262 g/mol. The molecule has 0 aliphatic heterocycles. The Balaban J connectivity index is 2.17. The summed E-state index contributed by atoms with van der Waals surface area (Å²) in [6.07, 6.45) is -0.788. The highest BCUT2D eigenvalue weighted by Crippen LogP contribution is 2.31. The summed E-state index contributed by atoms with van der Waals surface area (Å²) in [5.41, 5.74) is 1.57. The highest BCUT2D eigenvalue weighted by Gasteiger charge is 2.13. The van der Waals surface area contributed by atoms with E-state index in [1.165, 1.54) is 11.6 Å². The lowest BCUT2D eigenvalue weighted by Crippen LogP contribution is -1.98. The average Bonchev–Trinajstić information content (AvgIpc) is 2.37. The van der Waals surface area contributed by atoms with Crippen LogP contribution >= 0.6 is 11.8 Å². The van der Waals surface area contributed by atoms with Crippen LogP contribution in [0, 0.1) is 5.82 Å². The Bertz CT molecular complexity index is 511. The van der Waals surface area contributed by atoms with Gasteiger partial charge in [-0.2, -0.15) is 0 Å². The van der Waals surface area contributed by atoms with Crippen molar-refractivity contribution in [2.45, 2.75) is 23.7 Å². The maximum atomic E-state index is 13.7. The van der Waals surface area contributed by atoms with Gasteiger partial charge in [-0.1, -0.05) is 36.4 Å². The zero-order valence-electron chi connectivity index (χ0n) is 10.1. The molecule has 1 atom stereocenters. The van der Waals surface area contributed by atoms with Gasteiger partial charge in [-0.05, 0) is 24.6 Å². The van der Waals surface area contributed by atoms with E-state index >= 15 is 0 Å². The summed E-state index contributed by atoms with van der Waals surface area (Å²) < 4.78 is 13.7. The highest BCUT2D eigenvalue weighted by molar-refractivity contribution is 7.98. The number of halogens is 1. The van der Waals surface area contributed by atoms with Crippen molar-refractivity contribution in [1.29, 1.82) is 0 Å². The number of hydrogen-bond acceptors (Lipinski definition) is 2. The van der Waals surface area contributed by atoms with E-state index in [2.05, 4.69) is 0 Å². The van der Waals surface area contributed by atoms with Crippen molar-refractivity contribution in [1.82, 2.24) is 0 Å². The zero-order valence-corrected chi connectivity index (χ0v) is 11.0. The van der Waals surface area contributed by atoms with Gasteiger partial charge >= 0.3 is 0 Å². The molecule has 0 radical (unpaired) electrons. The minimum absolute atomic E-state index is 0.344. The first-order valence-corrected chi connectivity index (χ1v) is 6.80. The summed E-state index contributed by atoms with van der Waals surface area (Å²) in [6.45, 7) is 1.59. The van der Waals surface area contributed by atoms with Gasteiger partial charge in [0.1, 0.15) is 5.82 Å². The Labute approximate surface area is 111 Å². The summed E-state index contributed by atoms with van der Waals surface area (Å²) in [7, 11) is 0. The van der Waals surface area contributed by atoms with E-state index in [0.717, 1.165) is 10.6 Å². The summed E-state index contributed by atoms with van der Waals surface area (Å²) in [4.78, 5) is 0.800. The fraction of sp³-hybridized carbons (Fsp3) is 0.200. The lowest BCUT2D eigenvalue weighted by atomic mass is 10.1. The van der Waals surface area contributed by atoms with Gasteiger partial charge in [0.05, 0.1) is 6.10 Å². The molecule has 0 aromatic heterocycles. The number of benzene rings is 2. The van der Waals surface area contributed by atoms with E-state index in [1.54, 1.807) is 24.8 Å². The molecule has 0 spiro atoms. The second-order valence-electron chi connectivity index (χ2n) is 4.10. The van der Waals surface area contributed by atoms with E-state index in [4.69, 9.17) is 0 Å². The van der Waals surface area contributed by atoms with Crippen molar-refractivity contribution in [2.24, 2.45) is 0 Å². The zero-order chi connectivity index (χ0) is 13.0. The SMILES string of the molecule is C[C@@H](O)c1c(F)cccc1SCc1ccccc1. The lowest BCUT2D eigenvalue weighted by molar-refractivity contribution is 0.191. The summed E-state index contributed by atoms with van der Waals surface area (Å²) in [5, 5.41) is 9.63. The minimum Gasteiger partial charge on any atom is -0.389 e. The van der Waals surface area contributed by atoms with Crippen LogP contribution in [0.5, 0.6) is 0 Å². The number of aliphatic hydroxyl groups excluding tert-OH is 1. The molecule has 0 heterocycles. The van der Waals surface area contributed by atoms with E-state index in [-0.39, 0.29) is 5.82 Å². The second-order valence-corrected chi connectivity index (χ2v) is 5.12. The van der Waals surface area contributed by atoms with Crippen LogP contribution < -0.4 is 0 Å². The third-order valence-corrected chi connectivity index (χ3v) is 3.81.